The first-order valence-corrected chi connectivity index (χ1v) is 10.1. The number of allylic oxidation sites excluding steroid dienone is 1. The molecule has 0 aromatic carbocycles. The third-order valence-corrected chi connectivity index (χ3v) is 5.18. The number of carbonyl (C=O) groups excluding carboxylic acids is 1. The molecule has 0 bridgehead atoms. The van der Waals surface area contributed by atoms with E-state index in [-0.39, 0.29) is 11.9 Å². The molecule has 0 radical (unpaired) electrons. The molecule has 152 valence electrons. The number of carbonyl (C=O) groups is 1. The standard InChI is InChI=1S/C21H31N5O2/c1-5-16(4)14-25-9-8-19-23-24-20(26(19)11-10-25)17(13-15(2)3)22-21(27)18-7-6-12-28-18/h5-7,12,15,17H,8-11,13-14H2,1-4H3,(H,22,27)/b16-5+/t17-/m0/s1. The lowest BCUT2D eigenvalue weighted by Gasteiger charge is -2.22. The second-order valence-electron chi connectivity index (χ2n) is 7.92. The zero-order valence-corrected chi connectivity index (χ0v) is 17.3. The Morgan fingerprint density at radius 1 is 1.32 bits per heavy atom. The summed E-state index contributed by atoms with van der Waals surface area (Å²) in [5.74, 6) is 2.35. The van der Waals surface area contributed by atoms with Gasteiger partial charge in [-0.1, -0.05) is 25.5 Å². The van der Waals surface area contributed by atoms with E-state index in [9.17, 15) is 4.79 Å². The highest BCUT2D eigenvalue weighted by atomic mass is 16.3. The Kier molecular flexibility index (Phi) is 6.67. The summed E-state index contributed by atoms with van der Waals surface area (Å²) in [7, 11) is 0. The van der Waals surface area contributed by atoms with E-state index in [1.165, 1.54) is 11.8 Å². The average molecular weight is 386 g/mol. The fourth-order valence-corrected chi connectivity index (χ4v) is 3.59. The van der Waals surface area contributed by atoms with Crippen LogP contribution in [0.2, 0.25) is 0 Å². The van der Waals surface area contributed by atoms with E-state index in [4.69, 9.17) is 4.42 Å². The van der Waals surface area contributed by atoms with Crippen LogP contribution in [0.4, 0.5) is 0 Å². The van der Waals surface area contributed by atoms with Crippen LogP contribution < -0.4 is 5.32 Å². The Morgan fingerprint density at radius 3 is 2.82 bits per heavy atom. The third kappa shape index (κ3) is 4.90. The highest BCUT2D eigenvalue weighted by Crippen LogP contribution is 2.23. The van der Waals surface area contributed by atoms with E-state index >= 15 is 0 Å². The van der Waals surface area contributed by atoms with Crippen molar-refractivity contribution in [2.24, 2.45) is 5.92 Å². The van der Waals surface area contributed by atoms with Gasteiger partial charge in [0.25, 0.3) is 5.91 Å². The summed E-state index contributed by atoms with van der Waals surface area (Å²) in [4.78, 5) is 15.0. The third-order valence-electron chi connectivity index (χ3n) is 5.18. The number of rotatable bonds is 7. The normalized spacial score (nSPS) is 16.7. The largest absolute Gasteiger partial charge is 0.459 e. The Labute approximate surface area is 166 Å². The van der Waals surface area contributed by atoms with Crippen molar-refractivity contribution < 1.29 is 9.21 Å². The molecule has 1 aliphatic rings. The van der Waals surface area contributed by atoms with Crippen LogP contribution in [-0.4, -0.2) is 45.2 Å². The molecule has 2 aromatic rings. The van der Waals surface area contributed by atoms with Gasteiger partial charge in [-0.2, -0.15) is 0 Å². The minimum absolute atomic E-state index is 0.192. The summed E-state index contributed by atoms with van der Waals surface area (Å²) >= 11 is 0. The van der Waals surface area contributed by atoms with Gasteiger partial charge in [-0.05, 0) is 38.3 Å². The summed E-state index contributed by atoms with van der Waals surface area (Å²) in [6, 6.07) is 3.20. The molecular weight excluding hydrogens is 354 g/mol. The predicted octanol–water partition coefficient (Wildman–Crippen LogP) is 3.21. The Bertz CT molecular complexity index is 807. The fourth-order valence-electron chi connectivity index (χ4n) is 3.59. The van der Waals surface area contributed by atoms with E-state index in [0.29, 0.717) is 11.7 Å². The van der Waals surface area contributed by atoms with E-state index in [2.05, 4.69) is 58.8 Å². The van der Waals surface area contributed by atoms with Gasteiger partial charge >= 0.3 is 0 Å². The monoisotopic (exact) mass is 385 g/mol. The van der Waals surface area contributed by atoms with Gasteiger partial charge < -0.3 is 14.3 Å². The van der Waals surface area contributed by atoms with Gasteiger partial charge in [-0.3, -0.25) is 9.69 Å². The van der Waals surface area contributed by atoms with Crippen LogP contribution in [0.3, 0.4) is 0 Å². The molecule has 0 unspecified atom stereocenters. The highest BCUT2D eigenvalue weighted by Gasteiger charge is 2.26. The highest BCUT2D eigenvalue weighted by molar-refractivity contribution is 5.91. The van der Waals surface area contributed by atoms with Crippen LogP contribution in [0.1, 0.15) is 62.4 Å². The molecule has 28 heavy (non-hydrogen) atoms. The second-order valence-corrected chi connectivity index (χ2v) is 7.92. The first kappa shape index (κ1) is 20.3. The van der Waals surface area contributed by atoms with Gasteiger partial charge in [-0.25, -0.2) is 0 Å². The molecule has 0 saturated carbocycles. The number of hydrogen-bond donors (Lipinski definition) is 1. The van der Waals surface area contributed by atoms with E-state index in [1.807, 2.05) is 0 Å². The van der Waals surface area contributed by atoms with Crippen molar-refractivity contribution >= 4 is 5.91 Å². The van der Waals surface area contributed by atoms with Crippen LogP contribution in [0.25, 0.3) is 0 Å². The Hall–Kier alpha value is -2.41. The van der Waals surface area contributed by atoms with Crippen LogP contribution in [0, 0.1) is 5.92 Å². The molecule has 0 saturated heterocycles. The number of hydrogen-bond acceptors (Lipinski definition) is 5. The second kappa shape index (κ2) is 9.19. The van der Waals surface area contributed by atoms with Crippen molar-refractivity contribution in [2.45, 2.75) is 53.1 Å². The first-order chi connectivity index (χ1) is 13.5. The van der Waals surface area contributed by atoms with Crippen LogP contribution >= 0.6 is 0 Å². The van der Waals surface area contributed by atoms with Crippen molar-refractivity contribution in [3.63, 3.8) is 0 Å². The fraction of sp³-hybridized carbons (Fsp3) is 0.571. The summed E-state index contributed by atoms with van der Waals surface area (Å²) in [5.41, 5.74) is 1.38. The lowest BCUT2D eigenvalue weighted by molar-refractivity contribution is 0.0900. The molecule has 7 nitrogen and oxygen atoms in total. The number of amides is 1. The Balaban J connectivity index is 1.78. The van der Waals surface area contributed by atoms with Gasteiger partial charge in [0.05, 0.1) is 12.3 Å². The molecule has 7 heteroatoms. The number of nitrogens with zero attached hydrogens (tertiary/aromatic N) is 4. The topological polar surface area (TPSA) is 76.2 Å². The molecule has 2 aromatic heterocycles. The maximum Gasteiger partial charge on any atom is 0.287 e. The van der Waals surface area contributed by atoms with Gasteiger partial charge in [0.1, 0.15) is 5.82 Å². The zero-order chi connectivity index (χ0) is 20.1. The molecule has 3 rings (SSSR count). The van der Waals surface area contributed by atoms with E-state index in [1.54, 1.807) is 12.1 Å². The van der Waals surface area contributed by atoms with Gasteiger partial charge in [0.2, 0.25) is 0 Å². The number of furan rings is 1. The minimum Gasteiger partial charge on any atom is -0.459 e. The van der Waals surface area contributed by atoms with Crippen molar-refractivity contribution in [3.05, 3.63) is 47.5 Å². The minimum atomic E-state index is -0.216. The number of nitrogens with one attached hydrogen (secondary N) is 1. The molecule has 3 heterocycles. The quantitative estimate of drug-likeness (QED) is 0.741. The predicted molar refractivity (Wildman–Crippen MR) is 108 cm³/mol. The van der Waals surface area contributed by atoms with Crippen LogP contribution in [0.5, 0.6) is 0 Å². The lowest BCUT2D eigenvalue weighted by atomic mass is 10.0. The van der Waals surface area contributed by atoms with Crippen molar-refractivity contribution in [2.75, 3.05) is 19.6 Å². The average Bonchev–Trinajstić information content (AvgIpc) is 3.29. The smallest absolute Gasteiger partial charge is 0.287 e. The van der Waals surface area contributed by atoms with E-state index < -0.39 is 0 Å². The lowest BCUT2D eigenvalue weighted by Crippen LogP contribution is -2.32. The maximum atomic E-state index is 12.6. The van der Waals surface area contributed by atoms with E-state index in [0.717, 1.165) is 50.7 Å². The SMILES string of the molecule is C/C=C(\C)CN1CCc2nnc([C@H](CC(C)C)NC(=O)c3ccco3)n2CC1. The van der Waals surface area contributed by atoms with Crippen molar-refractivity contribution in [1.29, 1.82) is 0 Å². The summed E-state index contributed by atoms with van der Waals surface area (Å²) < 4.78 is 7.44. The molecule has 0 aliphatic carbocycles. The van der Waals surface area contributed by atoms with Gasteiger partial charge in [-0.15, -0.1) is 10.2 Å². The molecule has 1 aliphatic heterocycles. The zero-order valence-electron chi connectivity index (χ0n) is 17.3. The summed E-state index contributed by atoms with van der Waals surface area (Å²) in [6.07, 6.45) is 5.34. The molecule has 0 spiro atoms. The van der Waals surface area contributed by atoms with Crippen LogP contribution in [-0.2, 0) is 13.0 Å². The number of aromatic nitrogens is 3. The molecule has 0 fully saturated rings. The van der Waals surface area contributed by atoms with Gasteiger partial charge in [0.15, 0.2) is 11.6 Å². The van der Waals surface area contributed by atoms with Crippen molar-refractivity contribution in [3.8, 4) is 0 Å². The molecular formula is C21H31N5O2. The molecule has 1 atom stereocenters. The van der Waals surface area contributed by atoms with Crippen LogP contribution in [0.15, 0.2) is 34.5 Å². The maximum absolute atomic E-state index is 12.6. The number of fused-ring (bicyclic) bond motifs is 1. The first-order valence-electron chi connectivity index (χ1n) is 10.1. The molecule has 1 N–H and O–H groups in total. The van der Waals surface area contributed by atoms with Crippen molar-refractivity contribution in [1.82, 2.24) is 25.0 Å². The molecule has 1 amide bonds. The van der Waals surface area contributed by atoms with Gasteiger partial charge in [0, 0.05) is 32.6 Å². The Morgan fingerprint density at radius 2 is 2.14 bits per heavy atom. The summed E-state index contributed by atoms with van der Waals surface area (Å²) in [5, 5.41) is 12.0. The summed E-state index contributed by atoms with van der Waals surface area (Å²) in [6.45, 7) is 12.3.